The topological polar surface area (TPSA) is 46.5 Å². The first-order valence-corrected chi connectivity index (χ1v) is 5.45. The summed E-state index contributed by atoms with van der Waals surface area (Å²) in [6.07, 6.45) is 1.05. The molecule has 1 aromatic rings. The highest BCUT2D eigenvalue weighted by molar-refractivity contribution is 5.76. The van der Waals surface area contributed by atoms with Crippen LogP contribution in [-0.2, 0) is 0 Å². The minimum Gasteiger partial charge on any atom is -0.490 e. The third-order valence-electron chi connectivity index (χ3n) is 2.51. The van der Waals surface area contributed by atoms with E-state index in [9.17, 15) is 9.90 Å². The van der Waals surface area contributed by atoms with E-state index in [-0.39, 0.29) is 0 Å². The molecule has 0 aliphatic rings. The standard InChI is InChI=1S/C13H18O3/c1-4-12(15)8-16-13-9(2)5-11(7-14)6-10(13)3/h5-7,12,15H,4,8H2,1-3H3. The van der Waals surface area contributed by atoms with E-state index in [0.29, 0.717) is 18.6 Å². The molecule has 3 heteroatoms. The normalized spacial score (nSPS) is 12.2. The molecule has 0 bridgehead atoms. The second kappa shape index (κ2) is 5.66. The van der Waals surface area contributed by atoms with Crippen LogP contribution in [0.15, 0.2) is 12.1 Å². The van der Waals surface area contributed by atoms with Crippen LogP contribution in [-0.4, -0.2) is 24.1 Å². The molecule has 88 valence electrons. The van der Waals surface area contributed by atoms with Gasteiger partial charge in [0.15, 0.2) is 0 Å². The zero-order valence-corrected chi connectivity index (χ0v) is 9.99. The van der Waals surface area contributed by atoms with Crippen LogP contribution in [0.25, 0.3) is 0 Å². The number of rotatable bonds is 5. The van der Waals surface area contributed by atoms with Gasteiger partial charge in [-0.3, -0.25) is 4.79 Å². The summed E-state index contributed by atoms with van der Waals surface area (Å²) in [5.74, 6) is 0.762. The van der Waals surface area contributed by atoms with E-state index in [1.54, 1.807) is 12.1 Å². The maximum absolute atomic E-state index is 10.7. The number of carbonyl (C=O) groups excluding carboxylic acids is 1. The van der Waals surface area contributed by atoms with Crippen molar-refractivity contribution in [1.82, 2.24) is 0 Å². The lowest BCUT2D eigenvalue weighted by atomic mass is 10.1. The first-order valence-electron chi connectivity index (χ1n) is 5.45. The van der Waals surface area contributed by atoms with Gasteiger partial charge in [-0.05, 0) is 43.5 Å². The molecule has 0 heterocycles. The van der Waals surface area contributed by atoms with E-state index in [1.807, 2.05) is 20.8 Å². The minimum atomic E-state index is -0.440. The molecule has 0 fully saturated rings. The fourth-order valence-corrected chi connectivity index (χ4v) is 1.58. The Morgan fingerprint density at radius 3 is 2.38 bits per heavy atom. The molecule has 3 nitrogen and oxygen atoms in total. The number of ether oxygens (including phenoxy) is 1. The number of aliphatic hydroxyl groups is 1. The van der Waals surface area contributed by atoms with Crippen molar-refractivity contribution in [2.24, 2.45) is 0 Å². The molecule has 16 heavy (non-hydrogen) atoms. The molecule has 1 atom stereocenters. The second-order valence-corrected chi connectivity index (χ2v) is 3.97. The zero-order valence-electron chi connectivity index (χ0n) is 9.99. The number of aliphatic hydroxyl groups excluding tert-OH is 1. The maximum atomic E-state index is 10.7. The predicted octanol–water partition coefficient (Wildman–Crippen LogP) is 2.27. The summed E-state index contributed by atoms with van der Waals surface area (Å²) < 4.78 is 5.55. The molecular weight excluding hydrogens is 204 g/mol. The van der Waals surface area contributed by atoms with Crippen molar-refractivity contribution in [3.8, 4) is 5.75 Å². The average Bonchev–Trinajstić information content (AvgIpc) is 2.27. The monoisotopic (exact) mass is 222 g/mol. The van der Waals surface area contributed by atoms with Crippen molar-refractivity contribution in [2.45, 2.75) is 33.3 Å². The predicted molar refractivity (Wildman–Crippen MR) is 63.1 cm³/mol. The lowest BCUT2D eigenvalue weighted by Gasteiger charge is -2.15. The van der Waals surface area contributed by atoms with Gasteiger partial charge in [0, 0.05) is 5.56 Å². The number of aryl methyl sites for hydroxylation is 2. The number of hydrogen-bond donors (Lipinski definition) is 1. The quantitative estimate of drug-likeness (QED) is 0.777. The minimum absolute atomic E-state index is 0.290. The Morgan fingerprint density at radius 1 is 1.38 bits per heavy atom. The van der Waals surface area contributed by atoms with E-state index in [2.05, 4.69) is 0 Å². The largest absolute Gasteiger partial charge is 0.490 e. The van der Waals surface area contributed by atoms with Crippen molar-refractivity contribution >= 4 is 6.29 Å². The highest BCUT2D eigenvalue weighted by Gasteiger charge is 2.08. The lowest BCUT2D eigenvalue weighted by Crippen LogP contribution is -2.16. The van der Waals surface area contributed by atoms with E-state index in [1.165, 1.54) is 0 Å². The molecule has 1 unspecified atom stereocenters. The second-order valence-electron chi connectivity index (χ2n) is 3.97. The highest BCUT2D eigenvalue weighted by Crippen LogP contribution is 2.24. The number of carbonyl (C=O) groups is 1. The summed E-state index contributed by atoms with van der Waals surface area (Å²) in [5.41, 5.74) is 2.49. The van der Waals surface area contributed by atoms with Crippen LogP contribution in [0, 0.1) is 13.8 Å². The molecule has 1 N–H and O–H groups in total. The van der Waals surface area contributed by atoms with Gasteiger partial charge in [-0.15, -0.1) is 0 Å². The molecule has 0 amide bonds. The van der Waals surface area contributed by atoms with Gasteiger partial charge in [0.2, 0.25) is 0 Å². The van der Waals surface area contributed by atoms with Crippen LogP contribution < -0.4 is 4.74 Å². The van der Waals surface area contributed by atoms with Crippen molar-refractivity contribution in [1.29, 1.82) is 0 Å². The lowest BCUT2D eigenvalue weighted by molar-refractivity contribution is 0.103. The van der Waals surface area contributed by atoms with Gasteiger partial charge in [0.25, 0.3) is 0 Å². The van der Waals surface area contributed by atoms with Gasteiger partial charge < -0.3 is 9.84 Å². The average molecular weight is 222 g/mol. The van der Waals surface area contributed by atoms with Gasteiger partial charge in [0.1, 0.15) is 18.6 Å². The highest BCUT2D eigenvalue weighted by atomic mass is 16.5. The summed E-state index contributed by atoms with van der Waals surface area (Å²) in [4.78, 5) is 10.7. The summed E-state index contributed by atoms with van der Waals surface area (Å²) in [5, 5.41) is 9.42. The van der Waals surface area contributed by atoms with Crippen LogP contribution in [0.5, 0.6) is 5.75 Å². The Kier molecular flexibility index (Phi) is 4.50. The van der Waals surface area contributed by atoms with Gasteiger partial charge in [0.05, 0.1) is 6.10 Å². The molecule has 0 aliphatic carbocycles. The smallest absolute Gasteiger partial charge is 0.150 e. The van der Waals surface area contributed by atoms with Crippen molar-refractivity contribution in [3.63, 3.8) is 0 Å². The first kappa shape index (κ1) is 12.7. The van der Waals surface area contributed by atoms with E-state index in [0.717, 1.165) is 23.2 Å². The van der Waals surface area contributed by atoms with E-state index in [4.69, 9.17) is 4.74 Å². The Morgan fingerprint density at radius 2 is 1.94 bits per heavy atom. The number of hydrogen-bond acceptors (Lipinski definition) is 3. The Bertz CT molecular complexity index is 348. The van der Waals surface area contributed by atoms with Crippen LogP contribution in [0.1, 0.15) is 34.8 Å². The van der Waals surface area contributed by atoms with Crippen LogP contribution in [0.3, 0.4) is 0 Å². The summed E-state index contributed by atoms with van der Waals surface area (Å²) in [7, 11) is 0. The zero-order chi connectivity index (χ0) is 12.1. The molecule has 0 aromatic heterocycles. The summed E-state index contributed by atoms with van der Waals surface area (Å²) in [6, 6.07) is 3.57. The van der Waals surface area contributed by atoms with Crippen LogP contribution >= 0.6 is 0 Å². The summed E-state index contributed by atoms with van der Waals surface area (Å²) >= 11 is 0. The fraction of sp³-hybridized carbons (Fsp3) is 0.462. The first-order chi connectivity index (χ1) is 7.58. The number of benzene rings is 1. The van der Waals surface area contributed by atoms with E-state index >= 15 is 0 Å². The molecule has 1 aromatic carbocycles. The Labute approximate surface area is 96.1 Å². The SMILES string of the molecule is CCC(O)COc1c(C)cc(C=O)cc1C. The van der Waals surface area contributed by atoms with Crippen molar-refractivity contribution < 1.29 is 14.6 Å². The summed E-state index contributed by atoms with van der Waals surface area (Å²) in [6.45, 7) is 5.99. The molecule has 0 saturated carbocycles. The molecule has 0 radical (unpaired) electrons. The van der Waals surface area contributed by atoms with E-state index < -0.39 is 6.10 Å². The molecule has 0 aliphatic heterocycles. The molecule has 0 spiro atoms. The fourth-order valence-electron chi connectivity index (χ4n) is 1.58. The van der Waals surface area contributed by atoms with Crippen molar-refractivity contribution in [3.05, 3.63) is 28.8 Å². The third kappa shape index (κ3) is 3.07. The molecule has 0 saturated heterocycles. The van der Waals surface area contributed by atoms with Crippen LogP contribution in [0.4, 0.5) is 0 Å². The Balaban J connectivity index is 2.84. The van der Waals surface area contributed by atoms with Gasteiger partial charge >= 0.3 is 0 Å². The molecular formula is C13H18O3. The third-order valence-corrected chi connectivity index (χ3v) is 2.51. The van der Waals surface area contributed by atoms with Gasteiger partial charge in [-0.1, -0.05) is 6.92 Å². The van der Waals surface area contributed by atoms with Gasteiger partial charge in [-0.25, -0.2) is 0 Å². The van der Waals surface area contributed by atoms with Crippen LogP contribution in [0.2, 0.25) is 0 Å². The molecule has 1 rings (SSSR count). The number of aldehydes is 1. The van der Waals surface area contributed by atoms with Gasteiger partial charge in [-0.2, -0.15) is 0 Å². The Hall–Kier alpha value is -1.35. The van der Waals surface area contributed by atoms with Crippen molar-refractivity contribution in [2.75, 3.05) is 6.61 Å². The maximum Gasteiger partial charge on any atom is 0.150 e.